The van der Waals surface area contributed by atoms with Gasteiger partial charge < -0.3 is 9.88 Å². The zero-order valence-electron chi connectivity index (χ0n) is 14.3. The number of halogens is 1. The first-order chi connectivity index (χ1) is 11.7. The van der Waals surface area contributed by atoms with Gasteiger partial charge in [0.2, 0.25) is 5.91 Å². The van der Waals surface area contributed by atoms with Crippen LogP contribution in [0.4, 0.5) is 0 Å². The quantitative estimate of drug-likeness (QED) is 0.695. The van der Waals surface area contributed by atoms with Crippen LogP contribution in [-0.2, 0) is 16.8 Å². The fraction of sp³-hybridized carbons (Fsp3) is 0.550. The predicted octanol–water partition coefficient (Wildman–Crippen LogP) is 5.27. The van der Waals surface area contributed by atoms with Crippen LogP contribution in [0, 0.1) is 0 Å². The minimum Gasteiger partial charge on any atom is -0.356 e. The van der Waals surface area contributed by atoms with Crippen molar-refractivity contribution in [2.75, 3.05) is 6.54 Å². The molecule has 128 valence electrons. The van der Waals surface area contributed by atoms with Crippen LogP contribution in [0.15, 0.2) is 22.7 Å². The van der Waals surface area contributed by atoms with Gasteiger partial charge in [-0.3, -0.25) is 4.79 Å². The topological polar surface area (TPSA) is 36.1 Å². The molecule has 24 heavy (non-hydrogen) atoms. The minimum absolute atomic E-state index is 0.0795. The highest BCUT2D eigenvalue weighted by Crippen LogP contribution is 2.48. The molecule has 2 aliphatic heterocycles. The lowest BCUT2D eigenvalue weighted by Gasteiger charge is -2.42. The van der Waals surface area contributed by atoms with Crippen LogP contribution in [0.25, 0.3) is 10.9 Å². The highest BCUT2D eigenvalue weighted by Gasteiger charge is 2.50. The Morgan fingerprint density at radius 2 is 2.12 bits per heavy atom. The van der Waals surface area contributed by atoms with E-state index in [1.165, 1.54) is 47.8 Å². The van der Waals surface area contributed by atoms with Crippen molar-refractivity contribution in [1.29, 1.82) is 0 Å². The smallest absolute Gasteiger partial charge is 0.223 e. The number of unbranched alkanes of at least 4 members (excludes halogenated alkanes) is 3. The highest BCUT2D eigenvalue weighted by molar-refractivity contribution is 9.10. The van der Waals surface area contributed by atoms with E-state index in [2.05, 4.69) is 50.9 Å². The molecule has 1 aromatic carbocycles. The molecule has 2 aromatic rings. The van der Waals surface area contributed by atoms with E-state index in [4.69, 9.17) is 0 Å². The van der Waals surface area contributed by atoms with Crippen molar-refractivity contribution in [3.8, 4) is 0 Å². The van der Waals surface area contributed by atoms with Crippen molar-refractivity contribution in [3.63, 3.8) is 0 Å². The third-order valence-electron chi connectivity index (χ3n) is 5.93. The number of hydrogen-bond donors (Lipinski definition) is 1. The maximum Gasteiger partial charge on any atom is 0.223 e. The molecule has 1 atom stereocenters. The Morgan fingerprint density at radius 3 is 2.96 bits per heavy atom. The molecule has 0 spiro atoms. The first kappa shape index (κ1) is 16.2. The molecule has 1 N–H and O–H groups in total. The van der Waals surface area contributed by atoms with Gasteiger partial charge in [0.15, 0.2) is 0 Å². The largest absolute Gasteiger partial charge is 0.356 e. The van der Waals surface area contributed by atoms with E-state index in [0.29, 0.717) is 12.3 Å². The fourth-order valence-corrected chi connectivity index (χ4v) is 5.11. The normalized spacial score (nSPS) is 22.9. The number of carbonyl (C=O) groups is 1. The summed E-state index contributed by atoms with van der Waals surface area (Å²) in [4.78, 5) is 18.4. The van der Waals surface area contributed by atoms with Gasteiger partial charge in [-0.2, -0.15) is 0 Å². The zero-order chi connectivity index (χ0) is 16.7. The molecule has 0 aliphatic carbocycles. The molecule has 3 heterocycles. The summed E-state index contributed by atoms with van der Waals surface area (Å²) in [6, 6.07) is 6.47. The lowest BCUT2D eigenvalue weighted by molar-refractivity contribution is -0.132. The number of carbonyl (C=O) groups excluding carboxylic acids is 1. The molecule has 1 saturated heterocycles. The Kier molecular flexibility index (Phi) is 4.19. The number of benzene rings is 1. The molecule has 1 aromatic heterocycles. The standard InChI is InChI=1S/C20H25BrN2O/c1-2-3-4-5-10-20-11-8-18(24)23(20)12-9-15-16-13-14(21)6-7-17(16)22-19(15)20/h6-7,13,22H,2-5,8-12H2,1H3/t20-/m1/s1. The van der Waals surface area contributed by atoms with Crippen molar-refractivity contribution < 1.29 is 4.79 Å². The number of rotatable bonds is 5. The van der Waals surface area contributed by atoms with Crippen LogP contribution >= 0.6 is 15.9 Å². The Hall–Kier alpha value is -1.29. The molecule has 0 unspecified atom stereocenters. The van der Waals surface area contributed by atoms with Crippen LogP contribution in [0.2, 0.25) is 0 Å². The SMILES string of the molecule is CCCCCC[C@]12CCC(=O)N1CCc1c2[nH]c2ccc(Br)cc12. The second-order valence-electron chi connectivity index (χ2n) is 7.31. The third kappa shape index (κ3) is 2.42. The van der Waals surface area contributed by atoms with Gasteiger partial charge in [0.25, 0.3) is 0 Å². The molecule has 4 rings (SSSR count). The van der Waals surface area contributed by atoms with Crippen molar-refractivity contribution in [2.45, 2.75) is 63.8 Å². The lowest BCUT2D eigenvalue weighted by atomic mass is 9.80. The van der Waals surface area contributed by atoms with Crippen molar-refractivity contribution >= 4 is 32.7 Å². The van der Waals surface area contributed by atoms with E-state index in [1.54, 1.807) is 0 Å². The van der Waals surface area contributed by atoms with E-state index in [1.807, 2.05) is 0 Å². The molecule has 0 radical (unpaired) electrons. The number of fused-ring (bicyclic) bond motifs is 5. The zero-order valence-corrected chi connectivity index (χ0v) is 15.9. The number of nitrogens with one attached hydrogen (secondary N) is 1. The van der Waals surface area contributed by atoms with Gasteiger partial charge in [-0.25, -0.2) is 0 Å². The van der Waals surface area contributed by atoms with E-state index < -0.39 is 0 Å². The Labute approximate surface area is 151 Å². The summed E-state index contributed by atoms with van der Waals surface area (Å²) in [6.45, 7) is 3.12. The maximum atomic E-state index is 12.5. The van der Waals surface area contributed by atoms with Gasteiger partial charge in [-0.1, -0.05) is 48.5 Å². The van der Waals surface area contributed by atoms with Crippen molar-refractivity contribution in [2.24, 2.45) is 0 Å². The van der Waals surface area contributed by atoms with Gasteiger partial charge in [0, 0.05) is 34.0 Å². The molecule has 3 nitrogen and oxygen atoms in total. The average molecular weight is 389 g/mol. The average Bonchev–Trinajstić information content (AvgIpc) is 3.11. The van der Waals surface area contributed by atoms with Crippen molar-refractivity contribution in [3.05, 3.63) is 33.9 Å². The van der Waals surface area contributed by atoms with Gasteiger partial charge >= 0.3 is 0 Å². The first-order valence-corrected chi connectivity index (χ1v) is 10.1. The summed E-state index contributed by atoms with van der Waals surface area (Å²) < 4.78 is 1.12. The first-order valence-electron chi connectivity index (χ1n) is 9.27. The fourth-order valence-electron chi connectivity index (χ4n) is 4.75. The van der Waals surface area contributed by atoms with Crippen LogP contribution < -0.4 is 0 Å². The van der Waals surface area contributed by atoms with Gasteiger partial charge in [-0.15, -0.1) is 0 Å². The molecule has 2 aliphatic rings. The molecular formula is C20H25BrN2O. The number of aromatic amines is 1. The number of H-pyrrole nitrogens is 1. The van der Waals surface area contributed by atoms with Gasteiger partial charge in [0.1, 0.15) is 0 Å². The minimum atomic E-state index is -0.0795. The van der Waals surface area contributed by atoms with E-state index in [0.717, 1.165) is 30.3 Å². The Bertz CT molecular complexity index is 781. The molecule has 0 saturated carbocycles. The molecule has 1 fully saturated rings. The number of nitrogens with zero attached hydrogens (tertiary/aromatic N) is 1. The summed E-state index contributed by atoms with van der Waals surface area (Å²) in [6.07, 6.45) is 8.74. The van der Waals surface area contributed by atoms with Gasteiger partial charge in [-0.05, 0) is 43.0 Å². The predicted molar refractivity (Wildman–Crippen MR) is 101 cm³/mol. The van der Waals surface area contributed by atoms with E-state index in [9.17, 15) is 4.79 Å². The third-order valence-corrected chi connectivity index (χ3v) is 6.43. The van der Waals surface area contributed by atoms with Crippen LogP contribution in [-0.4, -0.2) is 22.3 Å². The monoisotopic (exact) mass is 388 g/mol. The molecular weight excluding hydrogens is 364 g/mol. The second-order valence-corrected chi connectivity index (χ2v) is 8.22. The maximum absolute atomic E-state index is 12.5. The van der Waals surface area contributed by atoms with Crippen LogP contribution in [0.5, 0.6) is 0 Å². The molecule has 4 heteroatoms. The second kappa shape index (κ2) is 6.21. The number of hydrogen-bond acceptors (Lipinski definition) is 1. The van der Waals surface area contributed by atoms with E-state index in [-0.39, 0.29) is 5.54 Å². The van der Waals surface area contributed by atoms with Gasteiger partial charge in [0.05, 0.1) is 5.54 Å². The molecule has 1 amide bonds. The Balaban J connectivity index is 1.77. The van der Waals surface area contributed by atoms with Crippen molar-refractivity contribution in [1.82, 2.24) is 9.88 Å². The van der Waals surface area contributed by atoms with Crippen LogP contribution in [0.1, 0.15) is 63.1 Å². The Morgan fingerprint density at radius 1 is 1.25 bits per heavy atom. The van der Waals surface area contributed by atoms with E-state index >= 15 is 0 Å². The number of aromatic nitrogens is 1. The highest BCUT2D eigenvalue weighted by atomic mass is 79.9. The summed E-state index contributed by atoms with van der Waals surface area (Å²) in [5, 5.41) is 1.33. The lowest BCUT2D eigenvalue weighted by Crippen LogP contribution is -2.48. The summed E-state index contributed by atoms with van der Waals surface area (Å²) in [5.41, 5.74) is 3.89. The summed E-state index contributed by atoms with van der Waals surface area (Å²) in [5.74, 6) is 0.343. The summed E-state index contributed by atoms with van der Waals surface area (Å²) in [7, 11) is 0. The molecule has 0 bridgehead atoms. The summed E-state index contributed by atoms with van der Waals surface area (Å²) >= 11 is 3.61. The van der Waals surface area contributed by atoms with Crippen LogP contribution in [0.3, 0.4) is 0 Å². The number of amides is 1.